The zero-order valence-electron chi connectivity index (χ0n) is 11.6. The van der Waals surface area contributed by atoms with Crippen molar-refractivity contribution in [2.24, 2.45) is 5.10 Å². The first-order valence-corrected chi connectivity index (χ1v) is 6.90. The molecule has 114 valence electrons. The number of nitrogens with one attached hydrogen (secondary N) is 1. The second-order valence-electron chi connectivity index (χ2n) is 5.11. The lowest BCUT2D eigenvalue weighted by molar-refractivity contribution is -0.132. The van der Waals surface area contributed by atoms with Crippen LogP contribution in [-0.2, 0) is 19.1 Å². The molecule has 0 bridgehead atoms. The Labute approximate surface area is 130 Å². The molecule has 1 spiro atoms. The van der Waals surface area contributed by atoms with Crippen molar-refractivity contribution in [3.63, 3.8) is 0 Å². The van der Waals surface area contributed by atoms with Crippen LogP contribution in [0.25, 0.3) is 0 Å². The first kappa shape index (κ1) is 14.5. The number of amides is 2. The minimum atomic E-state index is -1.21. The van der Waals surface area contributed by atoms with Gasteiger partial charge in [-0.25, -0.2) is 9.69 Å². The largest absolute Gasteiger partial charge is 0.464 e. The van der Waals surface area contributed by atoms with Crippen LogP contribution in [0.15, 0.2) is 29.4 Å². The van der Waals surface area contributed by atoms with E-state index in [4.69, 9.17) is 11.6 Å². The van der Waals surface area contributed by atoms with Gasteiger partial charge >= 0.3 is 5.97 Å². The molecule has 0 radical (unpaired) electrons. The fourth-order valence-electron chi connectivity index (χ4n) is 2.59. The number of methoxy groups -OCH3 is 1. The molecule has 1 atom stereocenters. The summed E-state index contributed by atoms with van der Waals surface area (Å²) in [5.74, 6) is -1.42. The molecule has 1 saturated heterocycles. The second-order valence-corrected chi connectivity index (χ2v) is 5.54. The standard InChI is InChI=1S/C14H12ClN3O4/c1-22-12(20)10-6-14(17-16-10)7-11(19)18(13(14)21)9-4-2-8(15)3-5-9/h2-5,17H,6-7H2,1H3/t14-/m1/s1. The van der Waals surface area contributed by atoms with E-state index < -0.39 is 17.4 Å². The predicted octanol–water partition coefficient (Wildman–Crippen LogP) is 0.864. The van der Waals surface area contributed by atoms with Gasteiger partial charge in [0, 0.05) is 11.4 Å². The van der Waals surface area contributed by atoms with E-state index in [0.29, 0.717) is 10.7 Å². The average Bonchev–Trinajstić information content (AvgIpc) is 3.03. The Bertz CT molecular complexity index is 701. The summed E-state index contributed by atoms with van der Waals surface area (Å²) in [6, 6.07) is 6.38. The zero-order chi connectivity index (χ0) is 15.9. The first-order chi connectivity index (χ1) is 10.5. The van der Waals surface area contributed by atoms with Gasteiger partial charge in [-0.3, -0.25) is 15.0 Å². The molecule has 1 N–H and O–H groups in total. The van der Waals surface area contributed by atoms with Crippen LogP contribution in [-0.4, -0.2) is 36.1 Å². The Morgan fingerprint density at radius 3 is 2.64 bits per heavy atom. The summed E-state index contributed by atoms with van der Waals surface area (Å²) in [5, 5.41) is 4.35. The third-order valence-electron chi connectivity index (χ3n) is 3.69. The number of anilines is 1. The highest BCUT2D eigenvalue weighted by atomic mass is 35.5. The van der Waals surface area contributed by atoms with Crippen molar-refractivity contribution in [3.8, 4) is 0 Å². The summed E-state index contributed by atoms with van der Waals surface area (Å²) in [6.45, 7) is 0. The smallest absolute Gasteiger partial charge is 0.354 e. The van der Waals surface area contributed by atoms with Crippen LogP contribution >= 0.6 is 11.6 Å². The molecule has 2 aliphatic rings. The van der Waals surface area contributed by atoms with Gasteiger partial charge in [0.2, 0.25) is 5.91 Å². The van der Waals surface area contributed by atoms with Gasteiger partial charge in [0.1, 0.15) is 11.3 Å². The Balaban J connectivity index is 1.87. The maximum absolute atomic E-state index is 12.7. The Hall–Kier alpha value is -2.41. The van der Waals surface area contributed by atoms with Gasteiger partial charge < -0.3 is 4.74 Å². The third kappa shape index (κ3) is 2.14. The summed E-state index contributed by atoms with van der Waals surface area (Å²) in [5.41, 5.74) is 1.96. The molecule has 0 unspecified atom stereocenters. The fraction of sp³-hybridized carbons (Fsp3) is 0.286. The van der Waals surface area contributed by atoms with E-state index in [1.807, 2.05) is 0 Å². The zero-order valence-corrected chi connectivity index (χ0v) is 12.4. The molecule has 0 saturated carbocycles. The number of nitrogens with zero attached hydrogens (tertiary/aromatic N) is 2. The van der Waals surface area contributed by atoms with E-state index in [0.717, 1.165) is 4.90 Å². The van der Waals surface area contributed by atoms with Crippen molar-refractivity contribution in [2.75, 3.05) is 12.0 Å². The van der Waals surface area contributed by atoms with Gasteiger partial charge in [-0.2, -0.15) is 5.10 Å². The third-order valence-corrected chi connectivity index (χ3v) is 3.95. The van der Waals surface area contributed by atoms with Crippen LogP contribution in [0.1, 0.15) is 12.8 Å². The molecular weight excluding hydrogens is 310 g/mol. The summed E-state index contributed by atoms with van der Waals surface area (Å²) < 4.78 is 4.59. The number of benzene rings is 1. The molecule has 0 aromatic heterocycles. The van der Waals surface area contributed by atoms with Crippen molar-refractivity contribution in [1.82, 2.24) is 5.43 Å². The SMILES string of the molecule is COC(=O)C1=NN[C@@]2(CC(=O)N(c3ccc(Cl)cc3)C2=O)C1. The monoisotopic (exact) mass is 321 g/mol. The number of hydrogen-bond acceptors (Lipinski definition) is 6. The summed E-state index contributed by atoms with van der Waals surface area (Å²) in [7, 11) is 1.23. The Morgan fingerprint density at radius 1 is 1.32 bits per heavy atom. The minimum Gasteiger partial charge on any atom is -0.464 e. The number of rotatable bonds is 2. The van der Waals surface area contributed by atoms with Crippen molar-refractivity contribution < 1.29 is 19.1 Å². The normalized spacial score (nSPS) is 23.7. The highest BCUT2D eigenvalue weighted by Crippen LogP contribution is 2.34. The Morgan fingerprint density at radius 2 is 2.00 bits per heavy atom. The van der Waals surface area contributed by atoms with Crippen LogP contribution < -0.4 is 10.3 Å². The number of hydrazone groups is 1. The van der Waals surface area contributed by atoms with Gasteiger partial charge in [-0.05, 0) is 24.3 Å². The van der Waals surface area contributed by atoms with Crippen LogP contribution in [0, 0.1) is 0 Å². The molecule has 1 aromatic rings. The molecule has 2 aliphatic heterocycles. The summed E-state index contributed by atoms with van der Waals surface area (Å²) in [6.07, 6.45) is -0.0488. The fourth-order valence-corrected chi connectivity index (χ4v) is 2.72. The van der Waals surface area contributed by atoms with Gasteiger partial charge in [0.15, 0.2) is 0 Å². The number of imide groups is 1. The highest BCUT2D eigenvalue weighted by molar-refractivity contribution is 6.39. The number of carbonyl (C=O) groups is 3. The number of esters is 1. The van der Waals surface area contributed by atoms with Crippen molar-refractivity contribution in [2.45, 2.75) is 18.4 Å². The van der Waals surface area contributed by atoms with Crippen molar-refractivity contribution >= 4 is 40.8 Å². The van der Waals surface area contributed by atoms with Gasteiger partial charge in [-0.1, -0.05) is 11.6 Å². The quantitative estimate of drug-likeness (QED) is 0.645. The van der Waals surface area contributed by atoms with E-state index >= 15 is 0 Å². The number of hydrogen-bond donors (Lipinski definition) is 1. The molecule has 1 aromatic carbocycles. The van der Waals surface area contributed by atoms with Crippen LogP contribution in [0.4, 0.5) is 5.69 Å². The topological polar surface area (TPSA) is 88.1 Å². The maximum Gasteiger partial charge on any atom is 0.354 e. The lowest BCUT2D eigenvalue weighted by atomic mass is 9.93. The number of ether oxygens (including phenoxy) is 1. The molecule has 2 heterocycles. The molecule has 22 heavy (non-hydrogen) atoms. The first-order valence-electron chi connectivity index (χ1n) is 6.52. The van der Waals surface area contributed by atoms with Gasteiger partial charge in [0.05, 0.1) is 19.2 Å². The van der Waals surface area contributed by atoms with Crippen molar-refractivity contribution in [3.05, 3.63) is 29.3 Å². The second kappa shape index (κ2) is 5.10. The molecule has 2 amide bonds. The molecule has 7 nitrogen and oxygen atoms in total. The van der Waals surface area contributed by atoms with Gasteiger partial charge in [-0.15, -0.1) is 0 Å². The lowest BCUT2D eigenvalue weighted by Crippen LogP contribution is -2.47. The molecule has 0 aliphatic carbocycles. The average molecular weight is 322 g/mol. The van der Waals surface area contributed by atoms with E-state index in [9.17, 15) is 14.4 Å². The van der Waals surface area contributed by atoms with E-state index in [2.05, 4.69) is 15.3 Å². The van der Waals surface area contributed by atoms with E-state index in [1.165, 1.54) is 7.11 Å². The predicted molar refractivity (Wildman–Crippen MR) is 78.5 cm³/mol. The number of carbonyl (C=O) groups excluding carboxylic acids is 3. The molecular formula is C14H12ClN3O4. The van der Waals surface area contributed by atoms with Gasteiger partial charge in [0.25, 0.3) is 5.91 Å². The van der Waals surface area contributed by atoms with Crippen LogP contribution in [0.3, 0.4) is 0 Å². The van der Waals surface area contributed by atoms with E-state index in [1.54, 1.807) is 24.3 Å². The van der Waals surface area contributed by atoms with E-state index in [-0.39, 0.29) is 24.5 Å². The van der Waals surface area contributed by atoms with Crippen LogP contribution in [0.5, 0.6) is 0 Å². The molecule has 3 rings (SSSR count). The maximum atomic E-state index is 12.7. The Kier molecular flexibility index (Phi) is 3.37. The summed E-state index contributed by atoms with van der Waals surface area (Å²) >= 11 is 5.81. The lowest BCUT2D eigenvalue weighted by Gasteiger charge is -2.21. The molecule has 1 fully saturated rings. The minimum absolute atomic E-state index is 0.0222. The van der Waals surface area contributed by atoms with Crippen molar-refractivity contribution in [1.29, 1.82) is 0 Å². The molecule has 8 heteroatoms. The highest BCUT2D eigenvalue weighted by Gasteiger charge is 2.56. The van der Waals surface area contributed by atoms with Crippen LogP contribution in [0.2, 0.25) is 5.02 Å². The number of halogens is 1. The summed E-state index contributed by atoms with van der Waals surface area (Å²) in [4.78, 5) is 37.5.